The lowest BCUT2D eigenvalue weighted by molar-refractivity contribution is -0.119. The van der Waals surface area contributed by atoms with E-state index in [9.17, 15) is 4.79 Å². The Balaban J connectivity index is 2.20. The highest BCUT2D eigenvalue weighted by atomic mass is 32.2. The minimum atomic E-state index is -0.583. The van der Waals surface area contributed by atoms with Gasteiger partial charge in [0.05, 0.1) is 11.8 Å². The van der Waals surface area contributed by atoms with Crippen molar-refractivity contribution in [3.8, 4) is 6.07 Å². The molecule has 9 nitrogen and oxygen atoms in total. The van der Waals surface area contributed by atoms with Crippen LogP contribution >= 0.6 is 23.1 Å². The summed E-state index contributed by atoms with van der Waals surface area (Å²) in [6, 6.07) is 1.43. The predicted molar refractivity (Wildman–Crippen MR) is 88.0 cm³/mol. The van der Waals surface area contributed by atoms with Crippen LogP contribution in [0.15, 0.2) is 5.16 Å². The number of carbonyl (C=O) groups excluding carboxylic acids is 1. The molecule has 1 amide bonds. The van der Waals surface area contributed by atoms with Crippen LogP contribution < -0.4 is 11.1 Å². The topological polar surface area (TPSA) is 135 Å². The molecule has 3 N–H and O–H groups in total. The van der Waals surface area contributed by atoms with Gasteiger partial charge in [0.25, 0.3) is 0 Å². The van der Waals surface area contributed by atoms with Gasteiger partial charge in [-0.2, -0.15) is 5.26 Å². The largest absolute Gasteiger partial charge is 0.368 e. The number of nitrogen functional groups attached to an aromatic ring is 1. The SMILES string of the molecule is CCc1nnc(NC(=O)C(CC)n2c(N)nnc2SCC#N)s1. The number of anilines is 2. The zero-order valence-corrected chi connectivity index (χ0v) is 14.3. The molecule has 2 aromatic rings. The summed E-state index contributed by atoms with van der Waals surface area (Å²) < 4.78 is 1.54. The maximum atomic E-state index is 12.5. The molecule has 0 saturated heterocycles. The van der Waals surface area contributed by atoms with Crippen molar-refractivity contribution in [1.82, 2.24) is 25.0 Å². The Hall–Kier alpha value is -2.19. The number of carbonyl (C=O) groups is 1. The summed E-state index contributed by atoms with van der Waals surface area (Å²) in [5.74, 6) is 0.0717. The fourth-order valence-electron chi connectivity index (χ4n) is 1.90. The molecule has 23 heavy (non-hydrogen) atoms. The van der Waals surface area contributed by atoms with Crippen molar-refractivity contribution < 1.29 is 4.79 Å². The van der Waals surface area contributed by atoms with Gasteiger partial charge < -0.3 is 5.73 Å². The summed E-state index contributed by atoms with van der Waals surface area (Å²) in [5, 5.41) is 28.8. The van der Waals surface area contributed by atoms with Gasteiger partial charge in [0.1, 0.15) is 11.0 Å². The summed E-state index contributed by atoms with van der Waals surface area (Å²) in [5.41, 5.74) is 5.83. The molecule has 0 aliphatic rings. The Labute approximate surface area is 141 Å². The van der Waals surface area contributed by atoms with Crippen molar-refractivity contribution in [2.75, 3.05) is 16.8 Å². The van der Waals surface area contributed by atoms with E-state index in [0.717, 1.165) is 11.4 Å². The van der Waals surface area contributed by atoms with E-state index in [0.29, 0.717) is 16.7 Å². The monoisotopic (exact) mass is 352 g/mol. The van der Waals surface area contributed by atoms with E-state index in [1.165, 1.54) is 23.1 Å². The zero-order chi connectivity index (χ0) is 16.8. The molecule has 0 radical (unpaired) electrons. The number of amides is 1. The number of hydrogen-bond donors (Lipinski definition) is 2. The van der Waals surface area contributed by atoms with Crippen LogP contribution in [0.5, 0.6) is 0 Å². The smallest absolute Gasteiger partial charge is 0.249 e. The first-order valence-electron chi connectivity index (χ1n) is 6.94. The molecule has 1 atom stereocenters. The standard InChI is InChI=1S/C12H16N8OS2/c1-3-7(9(21)15-11-18-16-8(4-2)23-11)20-10(14)17-19-12(20)22-6-5-13/h7H,3-4,6H2,1-2H3,(H2,14,17)(H,15,18,21). The molecule has 2 aromatic heterocycles. The number of nitrogens with zero attached hydrogens (tertiary/aromatic N) is 6. The maximum absolute atomic E-state index is 12.5. The normalized spacial score (nSPS) is 11.9. The Bertz CT molecular complexity index is 719. The number of nitrogens with one attached hydrogen (secondary N) is 1. The Morgan fingerprint density at radius 1 is 1.43 bits per heavy atom. The number of thioether (sulfide) groups is 1. The highest BCUT2D eigenvalue weighted by Gasteiger charge is 2.25. The Kier molecular flexibility index (Phi) is 5.89. The van der Waals surface area contributed by atoms with E-state index < -0.39 is 6.04 Å². The maximum Gasteiger partial charge on any atom is 0.249 e. The van der Waals surface area contributed by atoms with E-state index in [1.54, 1.807) is 4.57 Å². The Morgan fingerprint density at radius 2 is 2.22 bits per heavy atom. The van der Waals surface area contributed by atoms with Gasteiger partial charge in [0.15, 0.2) is 5.16 Å². The Morgan fingerprint density at radius 3 is 2.83 bits per heavy atom. The quantitative estimate of drug-likeness (QED) is 0.715. The van der Waals surface area contributed by atoms with Crippen LogP contribution in [0, 0.1) is 11.3 Å². The lowest BCUT2D eigenvalue weighted by Gasteiger charge is -2.17. The number of aryl methyl sites for hydroxylation is 1. The van der Waals surface area contributed by atoms with E-state index >= 15 is 0 Å². The first kappa shape index (κ1) is 17.2. The van der Waals surface area contributed by atoms with Crippen LogP contribution in [0.3, 0.4) is 0 Å². The first-order valence-corrected chi connectivity index (χ1v) is 8.74. The van der Waals surface area contributed by atoms with Crippen molar-refractivity contribution in [3.63, 3.8) is 0 Å². The van der Waals surface area contributed by atoms with E-state index in [-0.39, 0.29) is 17.6 Å². The molecular formula is C12H16N8OS2. The molecule has 0 saturated carbocycles. The first-order chi connectivity index (χ1) is 11.1. The van der Waals surface area contributed by atoms with Gasteiger partial charge in [-0.25, -0.2) is 0 Å². The van der Waals surface area contributed by atoms with Gasteiger partial charge >= 0.3 is 0 Å². The molecule has 2 rings (SSSR count). The number of nitriles is 1. The van der Waals surface area contributed by atoms with Crippen LogP contribution in [-0.4, -0.2) is 36.6 Å². The minimum absolute atomic E-state index is 0.138. The van der Waals surface area contributed by atoms with Crippen LogP contribution in [0.1, 0.15) is 31.3 Å². The van der Waals surface area contributed by atoms with Crippen molar-refractivity contribution in [1.29, 1.82) is 5.26 Å². The minimum Gasteiger partial charge on any atom is -0.368 e. The van der Waals surface area contributed by atoms with E-state index in [2.05, 4.69) is 25.7 Å². The van der Waals surface area contributed by atoms with Gasteiger partial charge in [-0.3, -0.25) is 14.7 Å². The van der Waals surface area contributed by atoms with Gasteiger partial charge in [-0.05, 0) is 12.8 Å². The summed E-state index contributed by atoms with van der Waals surface area (Å²) in [4.78, 5) is 12.5. The fraction of sp³-hybridized carbons (Fsp3) is 0.500. The van der Waals surface area contributed by atoms with Crippen LogP contribution in [0.25, 0.3) is 0 Å². The second-order valence-electron chi connectivity index (χ2n) is 4.43. The summed E-state index contributed by atoms with van der Waals surface area (Å²) in [7, 11) is 0. The third-order valence-corrected chi connectivity index (χ3v) is 4.75. The molecule has 11 heteroatoms. The molecule has 1 unspecified atom stereocenters. The van der Waals surface area contributed by atoms with Gasteiger partial charge in [-0.15, -0.1) is 20.4 Å². The molecule has 0 aliphatic heterocycles. The fourth-order valence-corrected chi connectivity index (χ4v) is 3.23. The van der Waals surface area contributed by atoms with Crippen LogP contribution in [0.2, 0.25) is 0 Å². The van der Waals surface area contributed by atoms with Crippen molar-refractivity contribution >= 4 is 40.1 Å². The molecule has 0 spiro atoms. The van der Waals surface area contributed by atoms with Gasteiger partial charge in [-0.1, -0.05) is 36.9 Å². The number of hydrogen-bond acceptors (Lipinski definition) is 9. The number of rotatable bonds is 7. The van der Waals surface area contributed by atoms with Crippen molar-refractivity contribution in [3.05, 3.63) is 5.01 Å². The number of aromatic nitrogens is 5. The average Bonchev–Trinajstić information content (AvgIpc) is 3.14. The van der Waals surface area contributed by atoms with Gasteiger partial charge in [0.2, 0.25) is 17.0 Å². The second kappa shape index (κ2) is 7.89. The second-order valence-corrected chi connectivity index (χ2v) is 6.43. The molecule has 0 bridgehead atoms. The van der Waals surface area contributed by atoms with Crippen molar-refractivity contribution in [2.24, 2.45) is 0 Å². The molecule has 122 valence electrons. The lowest BCUT2D eigenvalue weighted by atomic mass is 10.2. The average molecular weight is 352 g/mol. The van der Waals surface area contributed by atoms with Crippen LogP contribution in [-0.2, 0) is 11.2 Å². The molecule has 0 aromatic carbocycles. The third kappa shape index (κ3) is 3.96. The lowest BCUT2D eigenvalue weighted by Crippen LogP contribution is -2.27. The predicted octanol–water partition coefficient (Wildman–Crippen LogP) is 1.48. The number of nitrogens with two attached hydrogens (primary N) is 1. The summed E-state index contributed by atoms with van der Waals surface area (Å²) in [6.45, 7) is 3.83. The zero-order valence-electron chi connectivity index (χ0n) is 12.7. The molecule has 0 fully saturated rings. The van der Waals surface area contributed by atoms with Crippen molar-refractivity contribution in [2.45, 2.75) is 37.9 Å². The molecule has 2 heterocycles. The summed E-state index contributed by atoms with van der Waals surface area (Å²) in [6.07, 6.45) is 1.26. The summed E-state index contributed by atoms with van der Waals surface area (Å²) >= 11 is 2.52. The van der Waals surface area contributed by atoms with Gasteiger partial charge in [0, 0.05) is 0 Å². The van der Waals surface area contributed by atoms with E-state index in [4.69, 9.17) is 11.0 Å². The van der Waals surface area contributed by atoms with E-state index in [1.807, 2.05) is 19.9 Å². The molecule has 0 aliphatic carbocycles. The van der Waals surface area contributed by atoms with Crippen LogP contribution in [0.4, 0.5) is 11.1 Å². The highest BCUT2D eigenvalue weighted by Crippen LogP contribution is 2.26. The highest BCUT2D eigenvalue weighted by molar-refractivity contribution is 7.99. The third-order valence-electron chi connectivity index (χ3n) is 2.96. The molecular weight excluding hydrogens is 336 g/mol.